The quantitative estimate of drug-likeness (QED) is 0.695. The van der Waals surface area contributed by atoms with E-state index in [9.17, 15) is 9.59 Å². The summed E-state index contributed by atoms with van der Waals surface area (Å²) in [4.78, 5) is 24.4. The van der Waals surface area contributed by atoms with E-state index in [2.05, 4.69) is 10.9 Å². The minimum Gasteiger partial charge on any atom is -0.486 e. The number of fused-ring (bicyclic) bond motifs is 2. The molecule has 4 rings (SSSR count). The Bertz CT molecular complexity index is 1020. The smallest absolute Gasteiger partial charge is 0.269 e. The van der Waals surface area contributed by atoms with Crippen molar-refractivity contribution in [2.45, 2.75) is 13.3 Å². The highest BCUT2D eigenvalue weighted by atomic mass is 16.6. The van der Waals surface area contributed by atoms with Gasteiger partial charge in [-0.1, -0.05) is 12.1 Å². The van der Waals surface area contributed by atoms with Crippen molar-refractivity contribution in [1.82, 2.24) is 10.9 Å². The third-order valence-electron chi connectivity index (χ3n) is 4.28. The van der Waals surface area contributed by atoms with Gasteiger partial charge in [0, 0.05) is 16.5 Å². The number of hydrogen-bond acceptors (Lipinski definition) is 5. The normalized spacial score (nSPS) is 12.6. The van der Waals surface area contributed by atoms with Gasteiger partial charge in [0.15, 0.2) is 11.5 Å². The maximum atomic E-state index is 12.2. The molecule has 0 unspecified atom stereocenters. The lowest BCUT2D eigenvalue weighted by atomic mass is 10.1. The van der Waals surface area contributed by atoms with E-state index in [0.717, 1.165) is 22.1 Å². The first-order valence-corrected chi connectivity index (χ1v) is 8.56. The van der Waals surface area contributed by atoms with Crippen LogP contribution in [0.3, 0.4) is 0 Å². The highest BCUT2D eigenvalue weighted by molar-refractivity contribution is 5.96. The minimum absolute atomic E-state index is 0.0947. The molecule has 138 valence electrons. The number of furan rings is 1. The Morgan fingerprint density at radius 2 is 1.81 bits per heavy atom. The number of benzene rings is 2. The molecule has 0 spiro atoms. The zero-order valence-corrected chi connectivity index (χ0v) is 14.7. The third kappa shape index (κ3) is 3.57. The van der Waals surface area contributed by atoms with E-state index >= 15 is 0 Å². The number of aryl methyl sites for hydroxylation is 1. The van der Waals surface area contributed by atoms with Gasteiger partial charge in [-0.25, -0.2) is 0 Å². The van der Waals surface area contributed by atoms with Crippen molar-refractivity contribution < 1.29 is 23.5 Å². The van der Waals surface area contributed by atoms with E-state index in [4.69, 9.17) is 13.9 Å². The zero-order valence-electron chi connectivity index (χ0n) is 14.7. The summed E-state index contributed by atoms with van der Waals surface area (Å²) in [6.45, 7) is 2.89. The van der Waals surface area contributed by atoms with Crippen LogP contribution in [0.4, 0.5) is 0 Å². The molecule has 0 bridgehead atoms. The largest absolute Gasteiger partial charge is 0.486 e. The summed E-state index contributed by atoms with van der Waals surface area (Å²) in [5, 5.41) is 0.883. The maximum absolute atomic E-state index is 12.2. The molecule has 0 atom stereocenters. The Hall–Kier alpha value is -3.48. The molecule has 3 aromatic rings. The summed E-state index contributed by atoms with van der Waals surface area (Å²) in [5.41, 5.74) is 7.77. The van der Waals surface area contributed by atoms with Crippen LogP contribution in [0.1, 0.15) is 21.5 Å². The van der Waals surface area contributed by atoms with Crippen LogP contribution >= 0.6 is 0 Å². The second kappa shape index (κ2) is 7.03. The van der Waals surface area contributed by atoms with Crippen LogP contribution in [0.5, 0.6) is 11.5 Å². The standard InChI is InChI=1S/C20H18N2O5/c1-12-2-4-15-14(11-27-17(15)8-12)10-19(23)21-22-20(24)13-3-5-16-18(9-13)26-7-6-25-16/h2-5,8-9,11H,6-7,10H2,1H3,(H,21,23)(H,22,24). The highest BCUT2D eigenvalue weighted by Gasteiger charge is 2.16. The van der Waals surface area contributed by atoms with E-state index in [0.29, 0.717) is 30.3 Å². The number of carbonyl (C=O) groups is 2. The minimum atomic E-state index is -0.437. The molecule has 1 aromatic heterocycles. The van der Waals surface area contributed by atoms with Gasteiger partial charge in [-0.2, -0.15) is 0 Å². The van der Waals surface area contributed by atoms with Crippen molar-refractivity contribution in [1.29, 1.82) is 0 Å². The lowest BCUT2D eigenvalue weighted by Gasteiger charge is -2.18. The van der Waals surface area contributed by atoms with Gasteiger partial charge >= 0.3 is 0 Å². The van der Waals surface area contributed by atoms with Gasteiger partial charge in [0.05, 0.1) is 12.7 Å². The first-order chi connectivity index (χ1) is 13.1. The molecule has 27 heavy (non-hydrogen) atoms. The molecule has 7 nitrogen and oxygen atoms in total. The summed E-state index contributed by atoms with van der Waals surface area (Å²) in [6.07, 6.45) is 1.66. The summed E-state index contributed by atoms with van der Waals surface area (Å²) in [7, 11) is 0. The third-order valence-corrected chi connectivity index (χ3v) is 4.28. The molecule has 0 aliphatic carbocycles. The van der Waals surface area contributed by atoms with Crippen LogP contribution in [0.2, 0.25) is 0 Å². The topological polar surface area (TPSA) is 89.8 Å². The molecule has 0 fully saturated rings. The predicted octanol–water partition coefficient (Wildman–Crippen LogP) is 2.52. The average Bonchev–Trinajstić information content (AvgIpc) is 3.07. The Morgan fingerprint density at radius 1 is 1.00 bits per heavy atom. The van der Waals surface area contributed by atoms with E-state index < -0.39 is 5.91 Å². The number of ether oxygens (including phenoxy) is 2. The molecular weight excluding hydrogens is 348 g/mol. The lowest BCUT2D eigenvalue weighted by molar-refractivity contribution is -0.121. The maximum Gasteiger partial charge on any atom is 0.269 e. The number of rotatable bonds is 3. The molecule has 2 N–H and O–H groups in total. The average molecular weight is 366 g/mol. The first kappa shape index (κ1) is 17.0. The highest BCUT2D eigenvalue weighted by Crippen LogP contribution is 2.30. The van der Waals surface area contributed by atoms with E-state index in [1.807, 2.05) is 25.1 Å². The van der Waals surface area contributed by atoms with Crippen LogP contribution in [0.25, 0.3) is 11.0 Å². The molecule has 2 amide bonds. The van der Waals surface area contributed by atoms with Gasteiger partial charge in [-0.15, -0.1) is 0 Å². The number of nitrogens with one attached hydrogen (secondary N) is 2. The zero-order chi connectivity index (χ0) is 18.8. The Kier molecular flexibility index (Phi) is 4.42. The molecule has 2 heterocycles. The van der Waals surface area contributed by atoms with Crippen LogP contribution < -0.4 is 20.3 Å². The summed E-state index contributed by atoms with van der Waals surface area (Å²) in [5.74, 6) is 0.335. The number of amides is 2. The molecule has 1 aliphatic rings. The summed E-state index contributed by atoms with van der Waals surface area (Å²) >= 11 is 0. The fourth-order valence-electron chi connectivity index (χ4n) is 2.93. The van der Waals surface area contributed by atoms with Crippen molar-refractivity contribution in [3.63, 3.8) is 0 Å². The van der Waals surface area contributed by atoms with Crippen molar-refractivity contribution in [3.8, 4) is 11.5 Å². The monoisotopic (exact) mass is 366 g/mol. The molecule has 7 heteroatoms. The lowest BCUT2D eigenvalue weighted by Crippen LogP contribution is -2.42. The van der Waals surface area contributed by atoms with Crippen molar-refractivity contribution in [2.75, 3.05) is 13.2 Å². The first-order valence-electron chi connectivity index (χ1n) is 8.56. The van der Waals surface area contributed by atoms with Crippen LogP contribution in [-0.4, -0.2) is 25.0 Å². The summed E-state index contributed by atoms with van der Waals surface area (Å²) < 4.78 is 16.4. The van der Waals surface area contributed by atoms with Crippen LogP contribution in [0.15, 0.2) is 47.1 Å². The second-order valence-electron chi connectivity index (χ2n) is 6.30. The van der Waals surface area contributed by atoms with E-state index in [1.165, 1.54) is 0 Å². The summed E-state index contributed by atoms with van der Waals surface area (Å²) in [6, 6.07) is 10.7. The van der Waals surface area contributed by atoms with Crippen molar-refractivity contribution in [2.24, 2.45) is 0 Å². The molecule has 0 radical (unpaired) electrons. The number of hydrazine groups is 1. The van der Waals surface area contributed by atoms with E-state index in [-0.39, 0.29) is 12.3 Å². The predicted molar refractivity (Wildman–Crippen MR) is 97.7 cm³/mol. The Labute approximate surface area is 155 Å². The Morgan fingerprint density at radius 3 is 2.67 bits per heavy atom. The van der Waals surface area contributed by atoms with Gasteiger partial charge < -0.3 is 13.9 Å². The second-order valence-corrected chi connectivity index (χ2v) is 6.30. The molecule has 0 saturated carbocycles. The Balaban J connectivity index is 1.38. The fourth-order valence-corrected chi connectivity index (χ4v) is 2.93. The SMILES string of the molecule is Cc1ccc2c(CC(=O)NNC(=O)c3ccc4c(c3)OCCO4)coc2c1. The van der Waals surface area contributed by atoms with Gasteiger partial charge in [-0.3, -0.25) is 20.4 Å². The number of hydrogen-bond donors (Lipinski definition) is 2. The molecule has 0 saturated heterocycles. The van der Waals surface area contributed by atoms with E-state index in [1.54, 1.807) is 24.5 Å². The van der Waals surface area contributed by atoms with Gasteiger partial charge in [0.25, 0.3) is 5.91 Å². The molecule has 2 aromatic carbocycles. The fraction of sp³-hybridized carbons (Fsp3) is 0.200. The van der Waals surface area contributed by atoms with Crippen molar-refractivity contribution >= 4 is 22.8 Å². The van der Waals surface area contributed by atoms with Crippen LogP contribution in [0, 0.1) is 6.92 Å². The van der Waals surface area contributed by atoms with Gasteiger partial charge in [0.2, 0.25) is 5.91 Å². The van der Waals surface area contributed by atoms with Gasteiger partial charge in [0.1, 0.15) is 18.8 Å². The van der Waals surface area contributed by atoms with Crippen LogP contribution in [-0.2, 0) is 11.2 Å². The molecule has 1 aliphatic heterocycles. The molecular formula is C20H18N2O5. The van der Waals surface area contributed by atoms with Gasteiger partial charge in [-0.05, 0) is 36.8 Å². The number of carbonyl (C=O) groups excluding carboxylic acids is 2. The van der Waals surface area contributed by atoms with Crippen molar-refractivity contribution in [3.05, 3.63) is 59.4 Å².